The molecule has 0 fully saturated rings. The summed E-state index contributed by atoms with van der Waals surface area (Å²) in [7, 11) is 3.81. The van der Waals surface area contributed by atoms with E-state index < -0.39 is 30.4 Å². The Hall–Kier alpha value is -2.30. The van der Waals surface area contributed by atoms with Crippen molar-refractivity contribution in [1.29, 1.82) is 0 Å². The Balaban J connectivity index is 2.26. The molecule has 11 heteroatoms. The Bertz CT molecular complexity index is 529. The molecule has 0 aliphatic carbocycles. The first-order valence-corrected chi connectivity index (χ1v) is 6.76. The quantitative estimate of drug-likeness (QED) is 0.511. The Labute approximate surface area is 131 Å². The lowest BCUT2D eigenvalue weighted by molar-refractivity contribution is -0.141. The first kappa shape index (κ1) is 18.7. The summed E-state index contributed by atoms with van der Waals surface area (Å²) in [5, 5.41) is 5.74. The molecule has 130 valence electrons. The molecule has 0 spiro atoms. The molecule has 1 aromatic rings. The largest absolute Gasteiger partial charge is 0.435 e. The fourth-order valence-electron chi connectivity index (χ4n) is 1.56. The minimum atomic E-state index is -4.56. The topological polar surface area (TPSA) is 91.3 Å². The number of alkyl halides is 3. The van der Waals surface area contributed by atoms with E-state index in [2.05, 4.69) is 21.3 Å². The van der Waals surface area contributed by atoms with Gasteiger partial charge in [-0.1, -0.05) is 0 Å². The Kier molecular flexibility index (Phi) is 6.82. The van der Waals surface area contributed by atoms with Gasteiger partial charge in [-0.05, 0) is 33.1 Å². The van der Waals surface area contributed by atoms with Gasteiger partial charge in [0.25, 0.3) is 5.91 Å². The predicted octanol–water partition coefficient (Wildman–Crippen LogP) is 0.184. The number of hydrogen-bond donors (Lipinski definition) is 3. The zero-order valence-corrected chi connectivity index (χ0v) is 12.8. The van der Waals surface area contributed by atoms with E-state index >= 15 is 0 Å². The van der Waals surface area contributed by atoms with E-state index in [1.165, 1.54) is 0 Å². The van der Waals surface area contributed by atoms with Crippen LogP contribution in [0.1, 0.15) is 12.1 Å². The van der Waals surface area contributed by atoms with Gasteiger partial charge in [0.2, 0.25) is 0 Å². The number of hydrazine groups is 1. The minimum Gasteiger partial charge on any atom is -0.337 e. The van der Waals surface area contributed by atoms with E-state index in [9.17, 15) is 22.8 Å². The molecule has 1 rings (SSSR count). The number of rotatable bonds is 6. The number of halogens is 3. The van der Waals surface area contributed by atoms with Crippen molar-refractivity contribution in [1.82, 2.24) is 30.8 Å². The Morgan fingerprint density at radius 3 is 2.57 bits per heavy atom. The molecule has 23 heavy (non-hydrogen) atoms. The van der Waals surface area contributed by atoms with Crippen LogP contribution in [-0.4, -0.2) is 53.8 Å². The summed E-state index contributed by atoms with van der Waals surface area (Å²) in [5.41, 5.74) is 3.09. The number of aromatic nitrogens is 2. The second-order valence-corrected chi connectivity index (χ2v) is 4.98. The maximum atomic E-state index is 12.3. The average molecular weight is 336 g/mol. The van der Waals surface area contributed by atoms with Gasteiger partial charge in [0, 0.05) is 12.7 Å². The van der Waals surface area contributed by atoms with Gasteiger partial charge in [-0.15, -0.1) is 0 Å². The normalized spacial score (nSPS) is 11.4. The fraction of sp³-hybridized carbons (Fsp3) is 0.583. The fourth-order valence-corrected chi connectivity index (χ4v) is 1.56. The van der Waals surface area contributed by atoms with Crippen LogP contribution in [0.25, 0.3) is 0 Å². The third kappa shape index (κ3) is 7.49. The first-order chi connectivity index (χ1) is 10.7. The third-order valence-electron chi connectivity index (χ3n) is 2.62. The monoisotopic (exact) mass is 336 g/mol. The first-order valence-electron chi connectivity index (χ1n) is 6.76. The van der Waals surface area contributed by atoms with Gasteiger partial charge in [-0.2, -0.15) is 18.3 Å². The highest BCUT2D eigenvalue weighted by Gasteiger charge is 2.33. The molecule has 0 aromatic carbocycles. The van der Waals surface area contributed by atoms with Gasteiger partial charge in [-0.25, -0.2) is 10.2 Å². The summed E-state index contributed by atoms with van der Waals surface area (Å²) in [4.78, 5) is 24.8. The second-order valence-electron chi connectivity index (χ2n) is 4.98. The van der Waals surface area contributed by atoms with Crippen molar-refractivity contribution >= 4 is 11.9 Å². The highest BCUT2D eigenvalue weighted by atomic mass is 19.4. The molecule has 3 amide bonds. The number of hydrogen-bond acceptors (Lipinski definition) is 4. The molecule has 0 saturated carbocycles. The average Bonchev–Trinajstić information content (AvgIpc) is 2.89. The van der Waals surface area contributed by atoms with Gasteiger partial charge in [0.05, 0.1) is 0 Å². The van der Waals surface area contributed by atoms with E-state index in [0.717, 1.165) is 29.9 Å². The number of urea groups is 1. The number of carbonyl (C=O) groups excluding carboxylic acids is 2. The maximum Gasteiger partial charge on any atom is 0.435 e. The van der Waals surface area contributed by atoms with Crippen molar-refractivity contribution < 1.29 is 22.8 Å². The number of nitrogens with zero attached hydrogens (tertiary/aromatic N) is 3. The molecule has 0 saturated heterocycles. The molecule has 0 radical (unpaired) electrons. The van der Waals surface area contributed by atoms with Gasteiger partial charge in [0.15, 0.2) is 5.69 Å². The van der Waals surface area contributed by atoms with Crippen molar-refractivity contribution in [2.24, 2.45) is 0 Å². The van der Waals surface area contributed by atoms with Crippen LogP contribution >= 0.6 is 0 Å². The SMILES string of the molecule is CN(C)CCCNC(=O)NNC(=O)Cn1ccc(C(F)(F)F)n1. The van der Waals surface area contributed by atoms with Crippen molar-refractivity contribution in [2.75, 3.05) is 27.2 Å². The van der Waals surface area contributed by atoms with Crippen molar-refractivity contribution in [2.45, 2.75) is 19.1 Å². The van der Waals surface area contributed by atoms with E-state index in [4.69, 9.17) is 0 Å². The van der Waals surface area contributed by atoms with Crippen molar-refractivity contribution in [3.8, 4) is 0 Å². The minimum absolute atomic E-state index is 0.425. The van der Waals surface area contributed by atoms with Gasteiger partial charge in [0.1, 0.15) is 6.54 Å². The van der Waals surface area contributed by atoms with E-state index in [1.54, 1.807) is 0 Å². The zero-order chi connectivity index (χ0) is 17.5. The molecular weight excluding hydrogens is 317 g/mol. The van der Waals surface area contributed by atoms with Crippen LogP contribution in [-0.2, 0) is 17.5 Å². The molecule has 8 nitrogen and oxygen atoms in total. The van der Waals surface area contributed by atoms with Crippen LogP contribution < -0.4 is 16.2 Å². The maximum absolute atomic E-state index is 12.3. The summed E-state index contributed by atoms with van der Waals surface area (Å²) >= 11 is 0. The van der Waals surface area contributed by atoms with Gasteiger partial charge >= 0.3 is 12.2 Å². The standard InChI is InChI=1S/C12H19F3N6O2/c1-20(2)6-3-5-16-11(23)18-17-10(22)8-21-7-4-9(19-21)12(13,14)15/h4,7H,3,5-6,8H2,1-2H3,(H,17,22)(H2,16,18,23). The molecule has 0 aliphatic heterocycles. The highest BCUT2D eigenvalue weighted by Crippen LogP contribution is 2.27. The lowest BCUT2D eigenvalue weighted by Crippen LogP contribution is -2.48. The predicted molar refractivity (Wildman–Crippen MR) is 75.1 cm³/mol. The number of carbonyl (C=O) groups is 2. The zero-order valence-electron chi connectivity index (χ0n) is 12.8. The molecule has 3 N–H and O–H groups in total. The van der Waals surface area contributed by atoms with Crippen LogP contribution in [0.15, 0.2) is 12.3 Å². The Morgan fingerprint density at radius 1 is 1.30 bits per heavy atom. The smallest absolute Gasteiger partial charge is 0.337 e. The van der Waals surface area contributed by atoms with E-state index in [-0.39, 0.29) is 0 Å². The van der Waals surface area contributed by atoms with Crippen molar-refractivity contribution in [3.05, 3.63) is 18.0 Å². The van der Waals surface area contributed by atoms with Crippen LogP contribution in [0.2, 0.25) is 0 Å². The molecule has 1 heterocycles. The van der Waals surface area contributed by atoms with Crippen LogP contribution in [0, 0.1) is 0 Å². The van der Waals surface area contributed by atoms with E-state index in [0.29, 0.717) is 6.54 Å². The van der Waals surface area contributed by atoms with Crippen LogP contribution in [0.4, 0.5) is 18.0 Å². The Morgan fingerprint density at radius 2 is 2.00 bits per heavy atom. The summed E-state index contributed by atoms with van der Waals surface area (Å²) in [6.07, 6.45) is -2.79. The van der Waals surface area contributed by atoms with Crippen molar-refractivity contribution in [3.63, 3.8) is 0 Å². The second kappa shape index (κ2) is 8.36. The summed E-state index contributed by atoms with van der Waals surface area (Å²) in [6.45, 7) is 0.776. The van der Waals surface area contributed by atoms with Crippen LogP contribution in [0.3, 0.4) is 0 Å². The molecule has 0 aliphatic rings. The molecule has 0 atom stereocenters. The lowest BCUT2D eigenvalue weighted by atomic mass is 10.4. The summed E-state index contributed by atoms with van der Waals surface area (Å²) in [5.74, 6) is -0.703. The van der Waals surface area contributed by atoms with E-state index in [1.807, 2.05) is 19.0 Å². The number of amides is 3. The van der Waals surface area contributed by atoms with Crippen LogP contribution in [0.5, 0.6) is 0 Å². The highest BCUT2D eigenvalue weighted by molar-refractivity contribution is 5.80. The van der Waals surface area contributed by atoms with Gasteiger partial charge < -0.3 is 10.2 Å². The third-order valence-corrected chi connectivity index (χ3v) is 2.62. The van der Waals surface area contributed by atoms with Gasteiger partial charge in [-0.3, -0.25) is 14.9 Å². The molecular formula is C12H19F3N6O2. The molecule has 0 bridgehead atoms. The number of nitrogens with one attached hydrogen (secondary N) is 3. The molecule has 1 aromatic heterocycles. The summed E-state index contributed by atoms with van der Waals surface area (Å²) in [6, 6.07) is 0.159. The summed E-state index contributed by atoms with van der Waals surface area (Å²) < 4.78 is 37.9. The molecule has 0 unspecified atom stereocenters. The lowest BCUT2D eigenvalue weighted by Gasteiger charge is -2.11.